The van der Waals surface area contributed by atoms with Crippen LogP contribution in [0, 0.1) is 6.92 Å². The topological polar surface area (TPSA) is 84.7 Å². The number of rotatable bonds is 4. The smallest absolute Gasteiger partial charge is 0.277 e. The average Bonchev–Trinajstić information content (AvgIpc) is 3.10. The van der Waals surface area contributed by atoms with Gasteiger partial charge in [-0.15, -0.1) is 10.2 Å². The molecule has 0 fully saturated rings. The molecule has 0 aliphatic carbocycles. The van der Waals surface area contributed by atoms with Crippen molar-refractivity contribution in [3.63, 3.8) is 0 Å². The SMILES string of the molecule is Cc1cccc(-c2nnc(SCc3nc4ccc(Cl)cc4c(=O)[nH]3)o2)c1. The summed E-state index contributed by atoms with van der Waals surface area (Å²) in [6, 6.07) is 12.9. The van der Waals surface area contributed by atoms with Crippen LogP contribution in [-0.2, 0) is 5.75 Å². The van der Waals surface area contributed by atoms with E-state index in [4.69, 9.17) is 16.0 Å². The van der Waals surface area contributed by atoms with E-state index in [0.717, 1.165) is 11.1 Å². The van der Waals surface area contributed by atoms with Gasteiger partial charge >= 0.3 is 0 Å². The van der Waals surface area contributed by atoms with Crippen molar-refractivity contribution in [1.29, 1.82) is 0 Å². The van der Waals surface area contributed by atoms with E-state index in [0.29, 0.717) is 38.6 Å². The summed E-state index contributed by atoms with van der Waals surface area (Å²) < 4.78 is 5.68. The molecule has 6 nitrogen and oxygen atoms in total. The first-order chi connectivity index (χ1) is 12.6. The number of H-pyrrole nitrogens is 1. The number of hydrogen-bond acceptors (Lipinski definition) is 6. The minimum atomic E-state index is -0.223. The van der Waals surface area contributed by atoms with Crippen molar-refractivity contribution in [2.75, 3.05) is 0 Å². The molecule has 0 saturated carbocycles. The molecule has 0 aliphatic heterocycles. The highest BCUT2D eigenvalue weighted by atomic mass is 35.5. The highest BCUT2D eigenvalue weighted by Gasteiger charge is 2.11. The summed E-state index contributed by atoms with van der Waals surface area (Å²) in [6.07, 6.45) is 0. The number of aryl methyl sites for hydroxylation is 1. The number of benzene rings is 2. The van der Waals surface area contributed by atoms with Crippen molar-refractivity contribution in [2.45, 2.75) is 17.9 Å². The van der Waals surface area contributed by atoms with E-state index in [2.05, 4.69) is 20.2 Å². The van der Waals surface area contributed by atoms with Crippen LogP contribution in [-0.4, -0.2) is 20.2 Å². The molecule has 0 radical (unpaired) electrons. The van der Waals surface area contributed by atoms with Crippen molar-refractivity contribution in [3.8, 4) is 11.5 Å². The van der Waals surface area contributed by atoms with Crippen LogP contribution in [0.15, 0.2) is 56.9 Å². The Morgan fingerprint density at radius 3 is 2.92 bits per heavy atom. The van der Waals surface area contributed by atoms with Gasteiger partial charge < -0.3 is 9.40 Å². The van der Waals surface area contributed by atoms with E-state index in [9.17, 15) is 4.79 Å². The predicted octanol–water partition coefficient (Wildman–Crippen LogP) is 4.23. The van der Waals surface area contributed by atoms with Crippen molar-refractivity contribution in [1.82, 2.24) is 20.2 Å². The zero-order valence-corrected chi connectivity index (χ0v) is 15.3. The van der Waals surface area contributed by atoms with Crippen LogP contribution in [0.25, 0.3) is 22.4 Å². The van der Waals surface area contributed by atoms with Gasteiger partial charge in [-0.05, 0) is 37.3 Å². The Hall–Kier alpha value is -2.64. The predicted molar refractivity (Wildman–Crippen MR) is 101 cm³/mol. The second kappa shape index (κ2) is 6.93. The summed E-state index contributed by atoms with van der Waals surface area (Å²) in [5.74, 6) is 1.40. The Bertz CT molecular complexity index is 1160. The minimum Gasteiger partial charge on any atom is -0.411 e. The van der Waals surface area contributed by atoms with Gasteiger partial charge in [0.15, 0.2) is 0 Å². The summed E-state index contributed by atoms with van der Waals surface area (Å²) in [7, 11) is 0. The molecule has 0 bridgehead atoms. The first-order valence-corrected chi connectivity index (χ1v) is 9.17. The van der Waals surface area contributed by atoms with Crippen LogP contribution in [0.5, 0.6) is 0 Å². The lowest BCUT2D eigenvalue weighted by molar-refractivity contribution is 0.465. The number of fused-ring (bicyclic) bond motifs is 1. The number of hydrogen-bond donors (Lipinski definition) is 1. The van der Waals surface area contributed by atoms with Gasteiger partial charge in [0, 0.05) is 10.6 Å². The standard InChI is InChI=1S/C18H13ClN4O2S/c1-10-3-2-4-11(7-10)17-22-23-18(25-17)26-9-15-20-14-6-5-12(19)8-13(14)16(24)21-15/h2-8H,9H2,1H3,(H,20,21,24). The molecule has 4 aromatic rings. The Balaban J connectivity index is 1.54. The molecule has 0 atom stereocenters. The van der Waals surface area contributed by atoms with E-state index in [-0.39, 0.29) is 5.56 Å². The summed E-state index contributed by atoms with van der Waals surface area (Å²) in [6.45, 7) is 2.00. The molecule has 8 heteroatoms. The maximum absolute atomic E-state index is 12.2. The monoisotopic (exact) mass is 384 g/mol. The van der Waals surface area contributed by atoms with Gasteiger partial charge in [-0.2, -0.15) is 0 Å². The van der Waals surface area contributed by atoms with Gasteiger partial charge in [-0.25, -0.2) is 4.98 Å². The molecule has 4 rings (SSSR count). The maximum atomic E-state index is 12.2. The lowest BCUT2D eigenvalue weighted by Gasteiger charge is -2.01. The zero-order chi connectivity index (χ0) is 18.1. The third-order valence-electron chi connectivity index (χ3n) is 3.72. The molecule has 0 spiro atoms. The second-order valence-electron chi connectivity index (χ2n) is 5.71. The summed E-state index contributed by atoms with van der Waals surface area (Å²) in [4.78, 5) is 19.4. The fourth-order valence-corrected chi connectivity index (χ4v) is 3.33. The molecule has 2 aromatic heterocycles. The number of thioether (sulfide) groups is 1. The van der Waals surface area contributed by atoms with Crippen molar-refractivity contribution < 1.29 is 4.42 Å². The van der Waals surface area contributed by atoms with Crippen LogP contribution in [0.4, 0.5) is 0 Å². The average molecular weight is 385 g/mol. The fraction of sp³-hybridized carbons (Fsp3) is 0.111. The molecule has 2 heterocycles. The maximum Gasteiger partial charge on any atom is 0.277 e. The first-order valence-electron chi connectivity index (χ1n) is 7.80. The molecular weight excluding hydrogens is 372 g/mol. The van der Waals surface area contributed by atoms with E-state index in [1.165, 1.54) is 11.8 Å². The summed E-state index contributed by atoms with van der Waals surface area (Å²) in [5, 5.41) is 9.50. The van der Waals surface area contributed by atoms with Crippen LogP contribution in [0.1, 0.15) is 11.4 Å². The molecule has 26 heavy (non-hydrogen) atoms. The van der Waals surface area contributed by atoms with Crippen molar-refractivity contribution in [2.24, 2.45) is 0 Å². The molecule has 0 amide bonds. The van der Waals surface area contributed by atoms with Gasteiger partial charge in [0.2, 0.25) is 5.89 Å². The minimum absolute atomic E-state index is 0.223. The second-order valence-corrected chi connectivity index (χ2v) is 7.07. The van der Waals surface area contributed by atoms with Gasteiger partial charge in [0.25, 0.3) is 10.8 Å². The quantitative estimate of drug-likeness (QED) is 0.530. The van der Waals surface area contributed by atoms with Crippen LogP contribution in [0.2, 0.25) is 5.02 Å². The van der Waals surface area contributed by atoms with Gasteiger partial charge in [-0.1, -0.05) is 41.1 Å². The molecule has 0 unspecified atom stereocenters. The normalized spacial score (nSPS) is 11.2. The van der Waals surface area contributed by atoms with Crippen LogP contribution >= 0.6 is 23.4 Å². The van der Waals surface area contributed by atoms with Gasteiger partial charge in [-0.3, -0.25) is 4.79 Å². The lowest BCUT2D eigenvalue weighted by Crippen LogP contribution is -2.11. The summed E-state index contributed by atoms with van der Waals surface area (Å²) >= 11 is 7.24. The van der Waals surface area contributed by atoms with E-state index < -0.39 is 0 Å². The number of halogens is 1. The molecule has 130 valence electrons. The Morgan fingerprint density at radius 1 is 1.19 bits per heavy atom. The van der Waals surface area contributed by atoms with Crippen molar-refractivity contribution >= 4 is 34.3 Å². The summed E-state index contributed by atoms with van der Waals surface area (Å²) in [5.41, 5.74) is 2.37. The number of aromatic nitrogens is 4. The lowest BCUT2D eigenvalue weighted by atomic mass is 10.1. The third kappa shape index (κ3) is 3.49. The number of aromatic amines is 1. The molecular formula is C18H13ClN4O2S. The highest BCUT2D eigenvalue weighted by Crippen LogP contribution is 2.25. The Morgan fingerprint density at radius 2 is 2.08 bits per heavy atom. The van der Waals surface area contributed by atoms with E-state index in [1.54, 1.807) is 18.2 Å². The molecule has 0 saturated heterocycles. The number of nitrogens with zero attached hydrogens (tertiary/aromatic N) is 3. The van der Waals surface area contributed by atoms with Gasteiger partial charge in [0.1, 0.15) is 5.82 Å². The first kappa shape index (κ1) is 16.8. The Kier molecular flexibility index (Phi) is 4.48. The molecule has 2 aromatic carbocycles. The fourth-order valence-electron chi connectivity index (χ4n) is 2.52. The van der Waals surface area contributed by atoms with Gasteiger partial charge in [0.05, 0.1) is 16.7 Å². The highest BCUT2D eigenvalue weighted by molar-refractivity contribution is 7.98. The third-order valence-corrected chi connectivity index (χ3v) is 4.79. The van der Waals surface area contributed by atoms with Crippen molar-refractivity contribution in [3.05, 3.63) is 69.2 Å². The Labute approximate surface area is 157 Å². The van der Waals surface area contributed by atoms with Crippen LogP contribution in [0.3, 0.4) is 0 Å². The zero-order valence-electron chi connectivity index (χ0n) is 13.7. The largest absolute Gasteiger partial charge is 0.411 e. The molecule has 1 N–H and O–H groups in total. The number of nitrogens with one attached hydrogen (secondary N) is 1. The van der Waals surface area contributed by atoms with E-state index in [1.807, 2.05) is 31.2 Å². The molecule has 0 aliphatic rings. The van der Waals surface area contributed by atoms with E-state index >= 15 is 0 Å². The van der Waals surface area contributed by atoms with Crippen LogP contribution < -0.4 is 5.56 Å².